The topological polar surface area (TPSA) is 57.7 Å². The van der Waals surface area contributed by atoms with E-state index >= 15 is 0 Å². The predicted molar refractivity (Wildman–Crippen MR) is 90.1 cm³/mol. The van der Waals surface area contributed by atoms with E-state index in [2.05, 4.69) is 24.8 Å². The number of aromatic amines is 1. The van der Waals surface area contributed by atoms with Crippen LogP contribution < -0.4 is 4.90 Å². The number of benzene rings is 1. The van der Waals surface area contributed by atoms with Gasteiger partial charge in [-0.2, -0.15) is 0 Å². The fraction of sp³-hybridized carbons (Fsp3) is 0.278. The maximum Gasteiger partial charge on any atom is 0.226 e. The molecule has 5 nitrogen and oxygen atoms in total. The molecule has 1 N–H and O–H groups in total. The first-order valence-electron chi connectivity index (χ1n) is 8.08. The minimum Gasteiger partial charge on any atom is -0.340 e. The van der Waals surface area contributed by atoms with Crippen LogP contribution in [0.5, 0.6) is 0 Å². The van der Waals surface area contributed by atoms with E-state index in [-0.39, 0.29) is 11.9 Å². The second-order valence-electron chi connectivity index (χ2n) is 6.01. The Bertz CT molecular complexity index is 860. The summed E-state index contributed by atoms with van der Waals surface area (Å²) in [7, 11) is 0. The van der Waals surface area contributed by atoms with Crippen molar-refractivity contribution in [1.29, 1.82) is 0 Å². The molecule has 0 bridgehead atoms. The highest BCUT2D eigenvalue weighted by atomic mass is 19.1. The lowest BCUT2D eigenvalue weighted by atomic mass is 10.1. The van der Waals surface area contributed by atoms with Crippen LogP contribution in [0.25, 0.3) is 11.3 Å². The second kappa shape index (κ2) is 6.03. The number of aromatic nitrogens is 4. The van der Waals surface area contributed by atoms with Gasteiger partial charge in [0, 0.05) is 24.0 Å². The van der Waals surface area contributed by atoms with E-state index in [0.29, 0.717) is 11.3 Å². The molecule has 6 heteroatoms. The zero-order valence-corrected chi connectivity index (χ0v) is 13.4. The quantitative estimate of drug-likeness (QED) is 0.799. The lowest BCUT2D eigenvalue weighted by Gasteiger charge is -2.23. The van der Waals surface area contributed by atoms with E-state index in [0.717, 1.165) is 36.9 Å². The van der Waals surface area contributed by atoms with Crippen LogP contribution in [-0.2, 0) is 0 Å². The normalized spacial score (nSPS) is 17.4. The van der Waals surface area contributed by atoms with E-state index in [1.165, 1.54) is 6.07 Å². The lowest BCUT2D eigenvalue weighted by Crippen LogP contribution is -2.25. The summed E-state index contributed by atoms with van der Waals surface area (Å²) in [5, 5.41) is 0. The molecule has 2 aromatic heterocycles. The number of nitrogens with one attached hydrogen (secondary N) is 1. The predicted octanol–water partition coefficient (Wildman–Crippen LogP) is 3.66. The van der Waals surface area contributed by atoms with Crippen molar-refractivity contribution in [2.45, 2.75) is 25.8 Å². The molecule has 0 saturated carbocycles. The van der Waals surface area contributed by atoms with Gasteiger partial charge in [0.05, 0.1) is 17.9 Å². The fourth-order valence-electron chi connectivity index (χ4n) is 3.19. The van der Waals surface area contributed by atoms with Gasteiger partial charge < -0.3 is 9.88 Å². The molecule has 1 aliphatic heterocycles. The summed E-state index contributed by atoms with van der Waals surface area (Å²) in [6.45, 7) is 2.85. The minimum atomic E-state index is -0.252. The molecule has 0 radical (unpaired) electrons. The Kier molecular flexibility index (Phi) is 3.72. The van der Waals surface area contributed by atoms with Crippen molar-refractivity contribution in [2.24, 2.45) is 0 Å². The van der Waals surface area contributed by atoms with Crippen molar-refractivity contribution >= 4 is 5.95 Å². The summed E-state index contributed by atoms with van der Waals surface area (Å²) in [6.07, 6.45) is 5.50. The monoisotopic (exact) mass is 323 g/mol. The Morgan fingerprint density at radius 1 is 1.21 bits per heavy atom. The van der Waals surface area contributed by atoms with E-state index in [1.807, 2.05) is 19.1 Å². The van der Waals surface area contributed by atoms with Crippen molar-refractivity contribution in [3.63, 3.8) is 0 Å². The fourth-order valence-corrected chi connectivity index (χ4v) is 3.19. The molecule has 0 unspecified atom stereocenters. The number of hydrogen-bond donors (Lipinski definition) is 1. The van der Waals surface area contributed by atoms with Gasteiger partial charge >= 0.3 is 0 Å². The summed E-state index contributed by atoms with van der Waals surface area (Å²) < 4.78 is 14.0. The van der Waals surface area contributed by atoms with Gasteiger partial charge in [-0.05, 0) is 38.0 Å². The third kappa shape index (κ3) is 2.64. The van der Waals surface area contributed by atoms with E-state index in [1.54, 1.807) is 24.5 Å². The Labute approximate surface area is 139 Å². The Balaban J connectivity index is 1.65. The molecule has 1 fully saturated rings. The number of aryl methyl sites for hydroxylation is 1. The van der Waals surface area contributed by atoms with Crippen LogP contribution in [0.3, 0.4) is 0 Å². The molecule has 3 aromatic rings. The van der Waals surface area contributed by atoms with Crippen molar-refractivity contribution in [1.82, 2.24) is 19.9 Å². The number of imidazole rings is 1. The number of H-pyrrole nitrogens is 1. The van der Waals surface area contributed by atoms with Crippen LogP contribution in [0.15, 0.2) is 42.7 Å². The number of hydrogen-bond acceptors (Lipinski definition) is 4. The van der Waals surface area contributed by atoms with E-state index in [9.17, 15) is 4.39 Å². The van der Waals surface area contributed by atoms with Crippen LogP contribution in [-0.4, -0.2) is 26.5 Å². The van der Waals surface area contributed by atoms with Crippen LogP contribution in [0.2, 0.25) is 0 Å². The maximum absolute atomic E-state index is 14.0. The summed E-state index contributed by atoms with van der Waals surface area (Å²) in [5.41, 5.74) is 2.17. The van der Waals surface area contributed by atoms with Gasteiger partial charge in [-0.15, -0.1) is 0 Å². The van der Waals surface area contributed by atoms with Gasteiger partial charge in [0.25, 0.3) is 0 Å². The van der Waals surface area contributed by atoms with Gasteiger partial charge in [0.2, 0.25) is 5.95 Å². The molecule has 3 heterocycles. The highest BCUT2D eigenvalue weighted by Gasteiger charge is 2.30. The molecular weight excluding hydrogens is 305 g/mol. The molecule has 0 spiro atoms. The van der Waals surface area contributed by atoms with Gasteiger partial charge in [-0.25, -0.2) is 19.3 Å². The first-order chi connectivity index (χ1) is 11.7. The van der Waals surface area contributed by atoms with E-state index in [4.69, 9.17) is 0 Å². The maximum atomic E-state index is 14.0. The SMILES string of the molecule is Cc1ccnc(N2CCC[C@@H]2c2ncc(-c3ccccc3F)[nH]2)n1. The molecule has 0 amide bonds. The smallest absolute Gasteiger partial charge is 0.226 e. The first-order valence-corrected chi connectivity index (χ1v) is 8.08. The molecule has 24 heavy (non-hydrogen) atoms. The van der Waals surface area contributed by atoms with Gasteiger partial charge in [0.15, 0.2) is 0 Å². The standard InChI is InChI=1S/C18H18FN5/c1-12-8-9-20-18(22-12)24-10-4-7-16(24)17-21-11-15(23-17)13-5-2-3-6-14(13)19/h2-3,5-6,8-9,11,16H,4,7,10H2,1H3,(H,21,23)/t16-/m1/s1. The van der Waals surface area contributed by atoms with Crippen molar-refractivity contribution in [3.8, 4) is 11.3 Å². The van der Waals surface area contributed by atoms with E-state index < -0.39 is 0 Å². The molecule has 1 aromatic carbocycles. The van der Waals surface area contributed by atoms with Crippen molar-refractivity contribution in [2.75, 3.05) is 11.4 Å². The number of rotatable bonds is 3. The average Bonchev–Trinajstić information content (AvgIpc) is 3.24. The zero-order valence-electron chi connectivity index (χ0n) is 13.4. The van der Waals surface area contributed by atoms with Gasteiger partial charge in [0.1, 0.15) is 11.6 Å². The number of halogens is 1. The summed E-state index contributed by atoms with van der Waals surface area (Å²) in [5.74, 6) is 1.30. The van der Waals surface area contributed by atoms with Crippen molar-refractivity contribution < 1.29 is 4.39 Å². The molecule has 122 valence electrons. The Morgan fingerprint density at radius 3 is 2.92 bits per heavy atom. The zero-order chi connectivity index (χ0) is 16.5. The van der Waals surface area contributed by atoms with Gasteiger partial charge in [-0.3, -0.25) is 0 Å². The van der Waals surface area contributed by atoms with Crippen molar-refractivity contribution in [3.05, 3.63) is 60.1 Å². The molecule has 1 saturated heterocycles. The molecular formula is C18H18FN5. The second-order valence-corrected chi connectivity index (χ2v) is 6.01. The largest absolute Gasteiger partial charge is 0.340 e. The number of nitrogens with zero attached hydrogens (tertiary/aromatic N) is 4. The van der Waals surface area contributed by atoms with Crippen LogP contribution >= 0.6 is 0 Å². The molecule has 0 aliphatic carbocycles. The minimum absolute atomic E-state index is 0.0901. The first kappa shape index (κ1) is 14.8. The third-order valence-electron chi connectivity index (χ3n) is 4.37. The van der Waals surface area contributed by atoms with Crippen LogP contribution in [0.4, 0.5) is 10.3 Å². The Hall–Kier alpha value is -2.76. The van der Waals surface area contributed by atoms with Crippen LogP contribution in [0, 0.1) is 12.7 Å². The summed E-state index contributed by atoms with van der Waals surface area (Å²) in [6, 6.07) is 8.69. The molecule has 1 aliphatic rings. The number of anilines is 1. The highest BCUT2D eigenvalue weighted by Crippen LogP contribution is 2.34. The third-order valence-corrected chi connectivity index (χ3v) is 4.37. The molecule has 4 rings (SSSR count). The Morgan fingerprint density at radius 2 is 2.08 bits per heavy atom. The van der Waals surface area contributed by atoms with Crippen LogP contribution in [0.1, 0.15) is 30.4 Å². The van der Waals surface area contributed by atoms with Gasteiger partial charge in [-0.1, -0.05) is 12.1 Å². The lowest BCUT2D eigenvalue weighted by molar-refractivity contribution is 0.630. The highest BCUT2D eigenvalue weighted by molar-refractivity contribution is 5.59. The summed E-state index contributed by atoms with van der Waals surface area (Å²) in [4.78, 5) is 18.8. The summed E-state index contributed by atoms with van der Waals surface area (Å²) >= 11 is 0. The average molecular weight is 323 g/mol. The molecule has 1 atom stereocenters.